The van der Waals surface area contributed by atoms with Crippen molar-refractivity contribution in [2.45, 2.75) is 6.54 Å². The van der Waals surface area contributed by atoms with E-state index >= 15 is 0 Å². The highest BCUT2D eigenvalue weighted by Gasteiger charge is 2.08. The largest absolute Gasteiger partial charge is 0.465 e. The second kappa shape index (κ2) is 6.81. The van der Waals surface area contributed by atoms with Crippen LogP contribution in [0.4, 0.5) is 0 Å². The summed E-state index contributed by atoms with van der Waals surface area (Å²) in [4.78, 5) is 26.1. The first kappa shape index (κ1) is 14.9. The van der Waals surface area contributed by atoms with Gasteiger partial charge in [-0.05, 0) is 29.8 Å². The topological polar surface area (TPSA) is 71.2 Å². The highest BCUT2D eigenvalue weighted by atomic mass is 32.1. The smallest absolute Gasteiger partial charge is 0.337 e. The van der Waals surface area contributed by atoms with Crippen molar-refractivity contribution in [2.75, 3.05) is 7.11 Å². The van der Waals surface area contributed by atoms with Crippen molar-refractivity contribution in [1.82, 2.24) is 10.3 Å². The minimum absolute atomic E-state index is 0.242. The lowest BCUT2D eigenvalue weighted by Crippen LogP contribution is -2.23. The molecule has 0 atom stereocenters. The minimum Gasteiger partial charge on any atom is -0.465 e. The lowest BCUT2D eigenvalue weighted by Gasteiger charge is -2.06. The number of hydrogen-bond acceptors (Lipinski definition) is 4. The standard InChI is InChI=1S/C15H14N2O3S/c1-20-15(19)11-6-4-10(5-7-11)9-17-13(18)12-3-2-8-16-14(12)21/h2-8H,9H2,1H3,(H,16,21)(H,17,18). The predicted octanol–water partition coefficient (Wildman–Crippen LogP) is 2.46. The van der Waals surface area contributed by atoms with Gasteiger partial charge in [-0.15, -0.1) is 0 Å². The Morgan fingerprint density at radius 2 is 1.95 bits per heavy atom. The SMILES string of the molecule is COC(=O)c1ccc(CNC(=O)c2ccc[nH]c2=S)cc1. The molecule has 0 unspecified atom stereocenters. The maximum atomic E-state index is 12.0. The number of aromatic amines is 1. The van der Waals surface area contributed by atoms with Crippen LogP contribution in [0.1, 0.15) is 26.3 Å². The van der Waals surface area contributed by atoms with E-state index in [1.807, 2.05) is 0 Å². The molecule has 0 saturated carbocycles. The first-order valence-corrected chi connectivity index (χ1v) is 6.66. The highest BCUT2D eigenvalue weighted by molar-refractivity contribution is 7.71. The van der Waals surface area contributed by atoms with Crippen LogP contribution in [0.15, 0.2) is 42.6 Å². The molecular formula is C15H14N2O3S. The Hall–Kier alpha value is -2.47. The van der Waals surface area contributed by atoms with Gasteiger partial charge in [-0.2, -0.15) is 0 Å². The zero-order chi connectivity index (χ0) is 15.2. The fourth-order valence-electron chi connectivity index (χ4n) is 1.75. The number of carbonyl (C=O) groups is 2. The Balaban J connectivity index is 2.00. The summed E-state index contributed by atoms with van der Waals surface area (Å²) in [6, 6.07) is 10.2. The van der Waals surface area contributed by atoms with Crippen molar-refractivity contribution >= 4 is 24.1 Å². The Morgan fingerprint density at radius 1 is 1.24 bits per heavy atom. The maximum absolute atomic E-state index is 12.0. The average Bonchev–Trinajstić information content (AvgIpc) is 2.52. The summed E-state index contributed by atoms with van der Waals surface area (Å²) in [5, 5.41) is 2.78. The van der Waals surface area contributed by atoms with Gasteiger partial charge >= 0.3 is 5.97 Å². The number of benzene rings is 1. The number of carbonyl (C=O) groups excluding carboxylic acids is 2. The van der Waals surface area contributed by atoms with E-state index in [4.69, 9.17) is 12.2 Å². The molecule has 0 spiro atoms. The van der Waals surface area contributed by atoms with E-state index in [1.54, 1.807) is 42.6 Å². The van der Waals surface area contributed by atoms with Gasteiger partial charge in [0.2, 0.25) is 0 Å². The number of aromatic nitrogens is 1. The minimum atomic E-state index is -0.388. The van der Waals surface area contributed by atoms with Crippen LogP contribution in [0.5, 0.6) is 0 Å². The van der Waals surface area contributed by atoms with Crippen LogP contribution in [0.25, 0.3) is 0 Å². The molecule has 2 N–H and O–H groups in total. The van der Waals surface area contributed by atoms with Gasteiger partial charge in [0.1, 0.15) is 4.64 Å². The third-order valence-electron chi connectivity index (χ3n) is 2.89. The molecule has 0 saturated heterocycles. The van der Waals surface area contributed by atoms with E-state index in [1.165, 1.54) is 7.11 Å². The Bertz CT molecular complexity index is 707. The van der Waals surface area contributed by atoms with Crippen LogP contribution in [0, 0.1) is 4.64 Å². The number of esters is 1. The molecule has 1 heterocycles. The third kappa shape index (κ3) is 3.76. The van der Waals surface area contributed by atoms with Crippen LogP contribution in [-0.4, -0.2) is 24.0 Å². The van der Waals surface area contributed by atoms with E-state index in [9.17, 15) is 9.59 Å². The summed E-state index contributed by atoms with van der Waals surface area (Å²) in [5.74, 6) is -0.630. The van der Waals surface area contributed by atoms with Crippen molar-refractivity contribution in [2.24, 2.45) is 0 Å². The number of pyridine rings is 1. The van der Waals surface area contributed by atoms with Crippen molar-refractivity contribution < 1.29 is 14.3 Å². The molecule has 2 rings (SSSR count). The Morgan fingerprint density at radius 3 is 2.57 bits per heavy atom. The fraction of sp³-hybridized carbons (Fsp3) is 0.133. The number of methoxy groups -OCH3 is 1. The monoisotopic (exact) mass is 302 g/mol. The summed E-state index contributed by atoms with van der Waals surface area (Å²) in [7, 11) is 1.33. The van der Waals surface area contributed by atoms with E-state index in [2.05, 4.69) is 15.0 Å². The van der Waals surface area contributed by atoms with Gasteiger partial charge in [-0.3, -0.25) is 4.79 Å². The van der Waals surface area contributed by atoms with E-state index in [0.717, 1.165) is 5.56 Å². The summed E-state index contributed by atoms with van der Waals surface area (Å²) in [6.45, 7) is 0.351. The van der Waals surface area contributed by atoms with Gasteiger partial charge in [0.05, 0.1) is 18.2 Å². The molecule has 0 bridgehead atoms. The Kier molecular flexibility index (Phi) is 4.84. The summed E-state index contributed by atoms with van der Waals surface area (Å²) < 4.78 is 5.02. The Labute approximate surface area is 127 Å². The first-order chi connectivity index (χ1) is 10.1. The number of amides is 1. The number of H-pyrrole nitrogens is 1. The van der Waals surface area contributed by atoms with Gasteiger partial charge in [-0.25, -0.2) is 4.79 Å². The van der Waals surface area contributed by atoms with E-state index in [0.29, 0.717) is 22.3 Å². The lowest BCUT2D eigenvalue weighted by molar-refractivity contribution is 0.0600. The molecule has 21 heavy (non-hydrogen) atoms. The van der Waals surface area contributed by atoms with E-state index < -0.39 is 0 Å². The molecule has 108 valence electrons. The summed E-state index contributed by atoms with van der Waals surface area (Å²) in [5.41, 5.74) is 1.78. The zero-order valence-corrected chi connectivity index (χ0v) is 12.2. The van der Waals surface area contributed by atoms with Crippen LogP contribution in [0.2, 0.25) is 0 Å². The van der Waals surface area contributed by atoms with Crippen molar-refractivity contribution in [3.63, 3.8) is 0 Å². The second-order valence-corrected chi connectivity index (χ2v) is 4.69. The van der Waals surface area contributed by atoms with Crippen LogP contribution < -0.4 is 5.32 Å². The summed E-state index contributed by atoms with van der Waals surface area (Å²) >= 11 is 5.05. The quantitative estimate of drug-likeness (QED) is 0.672. The molecule has 1 aromatic carbocycles. The van der Waals surface area contributed by atoms with Crippen molar-refractivity contribution in [3.8, 4) is 0 Å². The van der Waals surface area contributed by atoms with E-state index in [-0.39, 0.29) is 11.9 Å². The van der Waals surface area contributed by atoms with Gasteiger partial charge in [0.15, 0.2) is 0 Å². The maximum Gasteiger partial charge on any atom is 0.337 e. The molecule has 5 nitrogen and oxygen atoms in total. The molecule has 1 aromatic heterocycles. The molecule has 0 radical (unpaired) electrons. The number of nitrogens with one attached hydrogen (secondary N) is 2. The fourth-order valence-corrected chi connectivity index (χ4v) is 1.98. The van der Waals surface area contributed by atoms with Crippen molar-refractivity contribution in [3.05, 3.63) is 63.9 Å². The molecule has 1 amide bonds. The lowest BCUT2D eigenvalue weighted by atomic mass is 10.1. The first-order valence-electron chi connectivity index (χ1n) is 6.25. The van der Waals surface area contributed by atoms with Crippen molar-refractivity contribution in [1.29, 1.82) is 0 Å². The molecule has 0 aliphatic rings. The molecule has 6 heteroatoms. The number of ether oxygens (including phenoxy) is 1. The zero-order valence-electron chi connectivity index (χ0n) is 11.4. The normalized spacial score (nSPS) is 9.95. The molecule has 0 fully saturated rings. The van der Waals surface area contributed by atoms with Gasteiger partial charge in [0.25, 0.3) is 5.91 Å². The van der Waals surface area contributed by atoms with Gasteiger partial charge < -0.3 is 15.0 Å². The molecule has 2 aromatic rings. The van der Waals surface area contributed by atoms with Crippen LogP contribution in [0.3, 0.4) is 0 Å². The predicted molar refractivity (Wildman–Crippen MR) is 80.6 cm³/mol. The molecule has 0 aliphatic heterocycles. The third-order valence-corrected chi connectivity index (χ3v) is 3.23. The van der Waals surface area contributed by atoms with Gasteiger partial charge in [-0.1, -0.05) is 24.4 Å². The summed E-state index contributed by atoms with van der Waals surface area (Å²) in [6.07, 6.45) is 1.67. The second-order valence-electron chi connectivity index (χ2n) is 4.28. The van der Waals surface area contributed by atoms with Crippen LogP contribution in [-0.2, 0) is 11.3 Å². The molecule has 0 aliphatic carbocycles. The average molecular weight is 302 g/mol. The number of hydrogen-bond donors (Lipinski definition) is 2. The number of rotatable bonds is 4. The van der Waals surface area contributed by atoms with Gasteiger partial charge in [0, 0.05) is 12.7 Å². The highest BCUT2D eigenvalue weighted by Crippen LogP contribution is 2.06. The molecular weight excluding hydrogens is 288 g/mol. The van der Waals surface area contributed by atoms with Crippen LogP contribution >= 0.6 is 12.2 Å².